The molecule has 0 fully saturated rings. The molecule has 3 heteroatoms. The molecule has 0 unspecified atom stereocenters. The van der Waals surface area contributed by atoms with E-state index in [0.29, 0.717) is 13.0 Å². The number of allylic oxidation sites excluding steroid dienone is 2. The summed E-state index contributed by atoms with van der Waals surface area (Å²) in [5, 5.41) is 11.2. The summed E-state index contributed by atoms with van der Waals surface area (Å²) in [4.78, 5) is 11.2. The van der Waals surface area contributed by atoms with Crippen LogP contribution in [-0.4, -0.2) is 24.2 Å². The van der Waals surface area contributed by atoms with Crippen LogP contribution in [0.5, 0.6) is 0 Å². The molecule has 0 bridgehead atoms. The highest BCUT2D eigenvalue weighted by Crippen LogP contribution is 2.08. The molecule has 0 aromatic carbocycles. The summed E-state index contributed by atoms with van der Waals surface area (Å²) in [5.74, 6) is 0.0629. The van der Waals surface area contributed by atoms with Crippen molar-refractivity contribution >= 4 is 5.91 Å². The number of unbranched alkanes of at least 4 members (excludes halogenated alkanes) is 7. The lowest BCUT2D eigenvalue weighted by atomic mass is 10.1. The van der Waals surface area contributed by atoms with Crippen molar-refractivity contribution in [3.8, 4) is 0 Å². The summed E-state index contributed by atoms with van der Waals surface area (Å²) in [6.45, 7) is 2.62. The van der Waals surface area contributed by atoms with E-state index in [9.17, 15) is 4.79 Å². The molecule has 0 spiro atoms. The maximum atomic E-state index is 11.2. The number of carbonyl (C=O) groups is 1. The van der Waals surface area contributed by atoms with Crippen molar-refractivity contribution in [1.82, 2.24) is 5.32 Å². The van der Waals surface area contributed by atoms with E-state index in [1.807, 2.05) is 0 Å². The van der Waals surface area contributed by atoms with Gasteiger partial charge in [0.1, 0.15) is 0 Å². The van der Waals surface area contributed by atoms with Crippen LogP contribution in [0.4, 0.5) is 0 Å². The van der Waals surface area contributed by atoms with Gasteiger partial charge in [0.25, 0.3) is 0 Å². The summed E-state index contributed by atoms with van der Waals surface area (Å²) >= 11 is 0. The topological polar surface area (TPSA) is 49.3 Å². The zero-order valence-electron chi connectivity index (χ0n) is 12.5. The van der Waals surface area contributed by atoms with Gasteiger partial charge in [0, 0.05) is 13.0 Å². The van der Waals surface area contributed by atoms with E-state index in [0.717, 1.165) is 12.8 Å². The van der Waals surface area contributed by atoms with Crippen molar-refractivity contribution in [2.45, 2.75) is 71.1 Å². The standard InChI is InChI=1S/C16H31NO2/c1-2-3-4-5-6-7-8-9-10-11-12-13-16(19)17-14-15-18/h5-6,18H,2-4,7-15H2,1H3,(H,17,19)/b6-5+. The largest absolute Gasteiger partial charge is 0.395 e. The Balaban J connectivity index is 3.14. The Labute approximate surface area is 118 Å². The fourth-order valence-electron chi connectivity index (χ4n) is 1.92. The highest BCUT2D eigenvalue weighted by molar-refractivity contribution is 5.75. The molecule has 0 aliphatic rings. The Hall–Kier alpha value is -0.830. The highest BCUT2D eigenvalue weighted by Gasteiger charge is 1.99. The van der Waals surface area contributed by atoms with Crippen molar-refractivity contribution in [3.05, 3.63) is 12.2 Å². The SMILES string of the molecule is CCCC/C=C/CCCCCCCC(=O)NCCO. The molecule has 1 amide bonds. The quantitative estimate of drug-likeness (QED) is 0.397. The molecule has 0 rings (SSSR count). The van der Waals surface area contributed by atoms with Crippen molar-refractivity contribution in [3.63, 3.8) is 0 Å². The number of aliphatic hydroxyl groups excluding tert-OH is 1. The molecule has 0 radical (unpaired) electrons. The monoisotopic (exact) mass is 269 g/mol. The fraction of sp³-hybridized carbons (Fsp3) is 0.812. The third-order valence-electron chi connectivity index (χ3n) is 3.10. The van der Waals surface area contributed by atoms with Gasteiger partial charge in [0.15, 0.2) is 0 Å². The van der Waals surface area contributed by atoms with E-state index in [1.165, 1.54) is 44.9 Å². The predicted molar refractivity (Wildman–Crippen MR) is 81.1 cm³/mol. The lowest BCUT2D eigenvalue weighted by Gasteiger charge is -2.03. The Morgan fingerprint density at radius 3 is 2.32 bits per heavy atom. The van der Waals surface area contributed by atoms with Crippen LogP contribution in [0.25, 0.3) is 0 Å². The summed E-state index contributed by atoms with van der Waals surface area (Å²) < 4.78 is 0. The van der Waals surface area contributed by atoms with Gasteiger partial charge >= 0.3 is 0 Å². The second-order valence-electron chi connectivity index (χ2n) is 4.99. The normalized spacial score (nSPS) is 11.1. The number of rotatable bonds is 13. The lowest BCUT2D eigenvalue weighted by molar-refractivity contribution is -0.121. The van der Waals surface area contributed by atoms with Crippen LogP contribution in [0.1, 0.15) is 71.1 Å². The maximum Gasteiger partial charge on any atom is 0.220 e. The van der Waals surface area contributed by atoms with Gasteiger partial charge in [-0.25, -0.2) is 0 Å². The first kappa shape index (κ1) is 18.2. The number of nitrogens with one attached hydrogen (secondary N) is 1. The second-order valence-corrected chi connectivity index (χ2v) is 4.99. The molecule has 2 N–H and O–H groups in total. The zero-order valence-corrected chi connectivity index (χ0v) is 12.5. The van der Waals surface area contributed by atoms with E-state index in [4.69, 9.17) is 5.11 Å². The van der Waals surface area contributed by atoms with Crippen molar-refractivity contribution in [2.75, 3.05) is 13.2 Å². The molecule has 0 heterocycles. The minimum Gasteiger partial charge on any atom is -0.395 e. The molecular weight excluding hydrogens is 238 g/mol. The van der Waals surface area contributed by atoms with E-state index in [1.54, 1.807) is 0 Å². The van der Waals surface area contributed by atoms with Crippen molar-refractivity contribution in [2.24, 2.45) is 0 Å². The molecule has 0 aliphatic carbocycles. The van der Waals surface area contributed by atoms with Gasteiger partial charge in [-0.3, -0.25) is 4.79 Å². The van der Waals surface area contributed by atoms with Crippen LogP contribution < -0.4 is 5.32 Å². The average Bonchev–Trinajstić information content (AvgIpc) is 2.42. The number of hydrogen-bond acceptors (Lipinski definition) is 2. The van der Waals surface area contributed by atoms with E-state index in [2.05, 4.69) is 24.4 Å². The fourth-order valence-corrected chi connectivity index (χ4v) is 1.92. The Morgan fingerprint density at radius 2 is 1.63 bits per heavy atom. The molecule has 0 aromatic rings. The Kier molecular flexibility index (Phi) is 14.6. The molecule has 19 heavy (non-hydrogen) atoms. The number of amides is 1. The third-order valence-corrected chi connectivity index (χ3v) is 3.10. The van der Waals surface area contributed by atoms with Crippen molar-refractivity contribution < 1.29 is 9.90 Å². The van der Waals surface area contributed by atoms with Crippen molar-refractivity contribution in [1.29, 1.82) is 0 Å². The maximum absolute atomic E-state index is 11.2. The molecular formula is C16H31NO2. The van der Waals surface area contributed by atoms with Crippen LogP contribution in [0.15, 0.2) is 12.2 Å². The van der Waals surface area contributed by atoms with Gasteiger partial charge in [-0.05, 0) is 25.7 Å². The second kappa shape index (κ2) is 15.2. The molecule has 3 nitrogen and oxygen atoms in total. The number of aliphatic hydroxyl groups is 1. The molecule has 0 aliphatic heterocycles. The van der Waals surface area contributed by atoms with Crippen LogP contribution >= 0.6 is 0 Å². The smallest absolute Gasteiger partial charge is 0.220 e. The lowest BCUT2D eigenvalue weighted by Crippen LogP contribution is -2.25. The van der Waals surface area contributed by atoms with Crippen LogP contribution in [0.2, 0.25) is 0 Å². The van der Waals surface area contributed by atoms with Crippen LogP contribution in [-0.2, 0) is 4.79 Å². The summed E-state index contributed by atoms with van der Waals surface area (Å²) in [5.41, 5.74) is 0. The molecule has 0 saturated carbocycles. The third kappa shape index (κ3) is 15.1. The summed E-state index contributed by atoms with van der Waals surface area (Å²) in [7, 11) is 0. The van der Waals surface area contributed by atoms with Gasteiger partial charge in [0.05, 0.1) is 6.61 Å². The van der Waals surface area contributed by atoms with Gasteiger partial charge in [-0.1, -0.05) is 51.2 Å². The molecule has 112 valence electrons. The Morgan fingerprint density at radius 1 is 1.00 bits per heavy atom. The molecule has 0 atom stereocenters. The molecule has 0 aromatic heterocycles. The van der Waals surface area contributed by atoms with E-state index in [-0.39, 0.29) is 12.5 Å². The number of carbonyl (C=O) groups excluding carboxylic acids is 1. The zero-order chi connectivity index (χ0) is 14.2. The predicted octanol–water partition coefficient (Wildman–Crippen LogP) is 3.57. The van der Waals surface area contributed by atoms with Gasteiger partial charge in [-0.15, -0.1) is 0 Å². The summed E-state index contributed by atoms with van der Waals surface area (Å²) in [6, 6.07) is 0. The van der Waals surface area contributed by atoms with Crippen LogP contribution in [0.3, 0.4) is 0 Å². The highest BCUT2D eigenvalue weighted by atomic mass is 16.3. The molecule has 0 saturated heterocycles. The van der Waals surface area contributed by atoms with Crippen LogP contribution in [0, 0.1) is 0 Å². The van der Waals surface area contributed by atoms with Gasteiger partial charge < -0.3 is 10.4 Å². The van der Waals surface area contributed by atoms with Gasteiger partial charge in [-0.2, -0.15) is 0 Å². The first-order valence-electron chi connectivity index (χ1n) is 7.83. The Bertz CT molecular complexity index is 227. The first-order valence-corrected chi connectivity index (χ1v) is 7.83. The first-order chi connectivity index (χ1) is 9.31. The minimum absolute atomic E-state index is 0.0253. The number of hydrogen-bond donors (Lipinski definition) is 2. The summed E-state index contributed by atoms with van der Waals surface area (Å²) in [6.07, 6.45) is 16.0. The average molecular weight is 269 g/mol. The minimum atomic E-state index is 0.0253. The van der Waals surface area contributed by atoms with Gasteiger partial charge in [0.2, 0.25) is 5.91 Å². The van der Waals surface area contributed by atoms with E-state index >= 15 is 0 Å². The van der Waals surface area contributed by atoms with E-state index < -0.39 is 0 Å².